The number of benzene rings is 1. The fourth-order valence-corrected chi connectivity index (χ4v) is 1.73. The molecule has 1 saturated heterocycles. The third-order valence-corrected chi connectivity index (χ3v) is 2.62. The van der Waals surface area contributed by atoms with Crippen LogP contribution in [-0.4, -0.2) is 29.8 Å². The van der Waals surface area contributed by atoms with Crippen LogP contribution in [0, 0.1) is 0 Å². The van der Waals surface area contributed by atoms with E-state index in [4.69, 9.17) is 4.74 Å². The second-order valence-corrected chi connectivity index (χ2v) is 3.94. The smallest absolute Gasteiger partial charge is 0.323 e. The van der Waals surface area contributed by atoms with Gasteiger partial charge in [-0.1, -0.05) is 30.3 Å². The molecule has 0 aliphatic carbocycles. The Morgan fingerprint density at radius 2 is 2.19 bits per heavy atom. The predicted octanol–water partition coefficient (Wildman–Crippen LogP) is 0.453. The molecule has 86 valence electrons. The molecule has 0 saturated carbocycles. The molecule has 1 heterocycles. The first-order chi connectivity index (χ1) is 7.75. The van der Waals surface area contributed by atoms with Crippen LogP contribution in [0.5, 0.6) is 0 Å². The summed E-state index contributed by atoms with van der Waals surface area (Å²) in [6, 6.07) is 9.18. The molecule has 4 nitrogen and oxygen atoms in total. The van der Waals surface area contributed by atoms with Gasteiger partial charge < -0.3 is 15.2 Å². The van der Waals surface area contributed by atoms with Gasteiger partial charge in [0.05, 0.1) is 6.10 Å². The summed E-state index contributed by atoms with van der Waals surface area (Å²) >= 11 is 0. The van der Waals surface area contributed by atoms with Crippen LogP contribution in [-0.2, 0) is 16.1 Å². The third kappa shape index (κ3) is 2.81. The van der Waals surface area contributed by atoms with Crippen molar-refractivity contribution in [2.75, 3.05) is 6.54 Å². The zero-order valence-electron chi connectivity index (χ0n) is 8.93. The van der Waals surface area contributed by atoms with Crippen LogP contribution in [0.1, 0.15) is 12.0 Å². The lowest BCUT2D eigenvalue weighted by Crippen LogP contribution is -2.32. The second-order valence-electron chi connectivity index (χ2n) is 3.94. The van der Waals surface area contributed by atoms with Gasteiger partial charge in [-0.05, 0) is 5.56 Å². The van der Waals surface area contributed by atoms with Gasteiger partial charge in [0.1, 0.15) is 12.6 Å². The molecule has 2 rings (SSSR count). The molecule has 0 aromatic heterocycles. The van der Waals surface area contributed by atoms with Crippen molar-refractivity contribution in [2.45, 2.75) is 25.2 Å². The molecular weight excluding hydrogens is 206 g/mol. The first-order valence-corrected chi connectivity index (χ1v) is 5.38. The van der Waals surface area contributed by atoms with Crippen molar-refractivity contribution in [3.63, 3.8) is 0 Å². The Kier molecular flexibility index (Phi) is 3.54. The zero-order valence-corrected chi connectivity index (χ0v) is 8.93. The summed E-state index contributed by atoms with van der Waals surface area (Å²) in [5.74, 6) is -0.291. The Balaban J connectivity index is 1.80. The first kappa shape index (κ1) is 11.1. The Bertz CT molecular complexity index is 353. The van der Waals surface area contributed by atoms with E-state index in [0.29, 0.717) is 13.0 Å². The van der Waals surface area contributed by atoms with Gasteiger partial charge in [0, 0.05) is 13.0 Å². The molecule has 1 aliphatic rings. The first-order valence-electron chi connectivity index (χ1n) is 5.38. The van der Waals surface area contributed by atoms with Gasteiger partial charge in [-0.15, -0.1) is 0 Å². The molecule has 2 N–H and O–H groups in total. The molecule has 1 aliphatic heterocycles. The number of rotatable bonds is 3. The van der Waals surface area contributed by atoms with Crippen molar-refractivity contribution in [2.24, 2.45) is 0 Å². The van der Waals surface area contributed by atoms with E-state index in [-0.39, 0.29) is 18.6 Å². The van der Waals surface area contributed by atoms with Crippen LogP contribution in [0.3, 0.4) is 0 Å². The number of carbonyl (C=O) groups excluding carboxylic acids is 1. The fourth-order valence-electron chi connectivity index (χ4n) is 1.73. The minimum Gasteiger partial charge on any atom is -0.460 e. The minimum absolute atomic E-state index is 0.286. The van der Waals surface area contributed by atoms with Crippen LogP contribution in [0.4, 0.5) is 0 Å². The predicted molar refractivity (Wildman–Crippen MR) is 58.7 cm³/mol. The summed E-state index contributed by atoms with van der Waals surface area (Å²) in [5.41, 5.74) is 0.967. The SMILES string of the molecule is O=C(OCc1ccccc1)[C@@H]1C[C@H](O)CN1. The van der Waals surface area contributed by atoms with E-state index >= 15 is 0 Å². The van der Waals surface area contributed by atoms with E-state index in [1.165, 1.54) is 0 Å². The van der Waals surface area contributed by atoms with Gasteiger partial charge in [0.15, 0.2) is 0 Å². The highest BCUT2D eigenvalue weighted by atomic mass is 16.5. The molecule has 0 radical (unpaired) electrons. The highest BCUT2D eigenvalue weighted by molar-refractivity contribution is 5.76. The topological polar surface area (TPSA) is 58.6 Å². The number of ether oxygens (including phenoxy) is 1. The standard InChI is InChI=1S/C12H15NO3/c14-10-6-11(13-7-10)12(15)16-8-9-4-2-1-3-5-9/h1-5,10-11,13-14H,6-8H2/t10-,11-/m0/s1. The maximum absolute atomic E-state index is 11.6. The lowest BCUT2D eigenvalue weighted by atomic mass is 10.2. The summed E-state index contributed by atoms with van der Waals surface area (Å²) in [7, 11) is 0. The largest absolute Gasteiger partial charge is 0.460 e. The maximum atomic E-state index is 11.6. The van der Waals surface area contributed by atoms with E-state index in [2.05, 4.69) is 5.32 Å². The number of aliphatic hydroxyl groups excluding tert-OH is 1. The molecule has 16 heavy (non-hydrogen) atoms. The van der Waals surface area contributed by atoms with Gasteiger partial charge in [0.25, 0.3) is 0 Å². The average molecular weight is 221 g/mol. The van der Waals surface area contributed by atoms with Crippen molar-refractivity contribution in [1.29, 1.82) is 0 Å². The Labute approximate surface area is 94.2 Å². The molecule has 1 aromatic carbocycles. The molecule has 1 aromatic rings. The summed E-state index contributed by atoms with van der Waals surface area (Å²) in [6.07, 6.45) is 0.00226. The molecule has 4 heteroatoms. The number of β-amino-alcohol motifs (C(OH)–C–C–N with tert-alkyl or cyclic N) is 1. The molecule has 2 atom stereocenters. The van der Waals surface area contributed by atoms with Crippen LogP contribution >= 0.6 is 0 Å². The van der Waals surface area contributed by atoms with E-state index in [1.54, 1.807) is 0 Å². The number of hydrogen-bond acceptors (Lipinski definition) is 4. The number of carbonyl (C=O) groups is 1. The highest BCUT2D eigenvalue weighted by Gasteiger charge is 2.29. The Morgan fingerprint density at radius 3 is 2.81 bits per heavy atom. The second kappa shape index (κ2) is 5.09. The van der Waals surface area contributed by atoms with Crippen molar-refractivity contribution < 1.29 is 14.6 Å². The van der Waals surface area contributed by atoms with Crippen molar-refractivity contribution in [3.05, 3.63) is 35.9 Å². The Hall–Kier alpha value is -1.39. The van der Waals surface area contributed by atoms with Gasteiger partial charge in [0.2, 0.25) is 0 Å². The van der Waals surface area contributed by atoms with Crippen molar-refractivity contribution >= 4 is 5.97 Å². The van der Waals surface area contributed by atoms with Gasteiger partial charge in [-0.25, -0.2) is 0 Å². The van der Waals surface area contributed by atoms with Crippen molar-refractivity contribution in [1.82, 2.24) is 5.32 Å². The summed E-state index contributed by atoms with van der Waals surface area (Å²) in [6.45, 7) is 0.749. The van der Waals surface area contributed by atoms with Crippen LogP contribution < -0.4 is 5.32 Å². The maximum Gasteiger partial charge on any atom is 0.323 e. The van der Waals surface area contributed by atoms with Gasteiger partial charge >= 0.3 is 5.97 Å². The van der Waals surface area contributed by atoms with Crippen molar-refractivity contribution in [3.8, 4) is 0 Å². The van der Waals surface area contributed by atoms with E-state index in [0.717, 1.165) is 5.56 Å². The Morgan fingerprint density at radius 1 is 1.44 bits per heavy atom. The average Bonchev–Trinajstić information content (AvgIpc) is 2.74. The van der Waals surface area contributed by atoms with Crippen LogP contribution in [0.15, 0.2) is 30.3 Å². The van der Waals surface area contributed by atoms with E-state index in [9.17, 15) is 9.90 Å². The highest BCUT2D eigenvalue weighted by Crippen LogP contribution is 2.09. The van der Waals surface area contributed by atoms with E-state index < -0.39 is 6.10 Å². The number of esters is 1. The summed E-state index contributed by atoms with van der Waals surface area (Å²) in [5, 5.41) is 12.2. The molecular formula is C12H15NO3. The molecule has 1 fully saturated rings. The fraction of sp³-hybridized carbons (Fsp3) is 0.417. The van der Waals surface area contributed by atoms with E-state index in [1.807, 2.05) is 30.3 Å². The monoisotopic (exact) mass is 221 g/mol. The third-order valence-electron chi connectivity index (χ3n) is 2.62. The summed E-state index contributed by atoms with van der Waals surface area (Å²) in [4.78, 5) is 11.6. The molecule has 0 spiro atoms. The minimum atomic E-state index is -0.436. The normalized spacial score (nSPS) is 24.3. The molecule has 0 amide bonds. The molecule has 0 unspecified atom stereocenters. The van der Waals surface area contributed by atoms with Crippen LogP contribution in [0.25, 0.3) is 0 Å². The summed E-state index contributed by atoms with van der Waals surface area (Å²) < 4.78 is 5.15. The zero-order chi connectivity index (χ0) is 11.4. The quantitative estimate of drug-likeness (QED) is 0.728. The molecule has 0 bridgehead atoms. The lowest BCUT2D eigenvalue weighted by Gasteiger charge is -2.10. The number of aliphatic hydroxyl groups is 1. The van der Waals surface area contributed by atoms with Crippen LogP contribution in [0.2, 0.25) is 0 Å². The van der Waals surface area contributed by atoms with Gasteiger partial charge in [-0.2, -0.15) is 0 Å². The number of hydrogen-bond donors (Lipinski definition) is 2. The van der Waals surface area contributed by atoms with Gasteiger partial charge in [-0.3, -0.25) is 4.79 Å². The number of nitrogens with one attached hydrogen (secondary N) is 1. The lowest BCUT2D eigenvalue weighted by molar-refractivity contribution is -0.147.